The molecule has 0 unspecified atom stereocenters. The number of rotatable bonds is 7. The minimum absolute atomic E-state index is 0.532. The molecule has 0 bridgehead atoms. The Morgan fingerprint density at radius 2 is 2.00 bits per heavy atom. The Bertz CT molecular complexity index is 342. The molecule has 4 heteroatoms. The first-order valence-corrected chi connectivity index (χ1v) is 6.60. The zero-order chi connectivity index (χ0) is 12.7. The second-order valence-electron chi connectivity index (χ2n) is 4.26. The predicted octanol–water partition coefficient (Wildman–Crippen LogP) is 3.90. The molecule has 0 spiro atoms. The van der Waals surface area contributed by atoms with Crippen molar-refractivity contribution in [3.63, 3.8) is 0 Å². The summed E-state index contributed by atoms with van der Waals surface area (Å²) in [5, 5.41) is 4.50. The highest BCUT2D eigenvalue weighted by molar-refractivity contribution is 6.41. The van der Waals surface area contributed by atoms with Gasteiger partial charge in [-0.25, -0.2) is 0 Å². The summed E-state index contributed by atoms with van der Waals surface area (Å²) in [7, 11) is 0. The first kappa shape index (κ1) is 14.8. The van der Waals surface area contributed by atoms with E-state index in [9.17, 15) is 0 Å². The quantitative estimate of drug-likeness (QED) is 0.763. The van der Waals surface area contributed by atoms with Crippen molar-refractivity contribution in [3.05, 3.63) is 33.8 Å². The highest BCUT2D eigenvalue weighted by Gasteiger charge is 1.99. The van der Waals surface area contributed by atoms with Gasteiger partial charge < -0.3 is 10.1 Å². The molecule has 0 aromatic heterocycles. The second kappa shape index (κ2) is 7.93. The van der Waals surface area contributed by atoms with E-state index in [1.165, 1.54) is 0 Å². The predicted molar refractivity (Wildman–Crippen MR) is 73.9 cm³/mol. The Morgan fingerprint density at radius 1 is 1.24 bits per heavy atom. The molecule has 0 atom stereocenters. The minimum atomic E-state index is 0.532. The van der Waals surface area contributed by atoms with Crippen LogP contribution in [0.5, 0.6) is 0 Å². The van der Waals surface area contributed by atoms with E-state index in [0.717, 1.165) is 25.1 Å². The molecule has 0 saturated carbocycles. The fraction of sp³-hybridized carbons (Fsp3) is 0.538. The van der Waals surface area contributed by atoms with Gasteiger partial charge in [0.25, 0.3) is 0 Å². The van der Waals surface area contributed by atoms with Crippen LogP contribution in [0.15, 0.2) is 18.2 Å². The summed E-state index contributed by atoms with van der Waals surface area (Å²) < 4.78 is 5.55. The summed E-state index contributed by atoms with van der Waals surface area (Å²) in [5.41, 5.74) is 1.05. The topological polar surface area (TPSA) is 21.3 Å². The summed E-state index contributed by atoms with van der Waals surface area (Å²) in [6, 6.07) is 6.10. The lowest BCUT2D eigenvalue weighted by Gasteiger charge is -2.08. The van der Waals surface area contributed by atoms with Crippen LogP contribution in [0.4, 0.5) is 0 Å². The summed E-state index contributed by atoms with van der Waals surface area (Å²) in [4.78, 5) is 0. The third-order valence-electron chi connectivity index (χ3n) is 2.27. The average molecular weight is 276 g/mol. The molecule has 0 radical (unpaired) electrons. The molecule has 0 heterocycles. The monoisotopic (exact) mass is 275 g/mol. The van der Waals surface area contributed by atoms with Crippen LogP contribution in [0.3, 0.4) is 0 Å². The van der Waals surface area contributed by atoms with Gasteiger partial charge in [0.1, 0.15) is 0 Å². The van der Waals surface area contributed by atoms with Crippen LogP contribution in [-0.2, 0) is 11.3 Å². The molecule has 2 nitrogen and oxygen atoms in total. The maximum Gasteiger partial charge on any atom is 0.0717 e. The number of halogens is 2. The number of nitrogens with one attached hydrogen (secondary N) is 1. The largest absolute Gasteiger partial charge is 0.377 e. The molecule has 1 rings (SSSR count). The van der Waals surface area contributed by atoms with Crippen LogP contribution in [-0.4, -0.2) is 19.2 Å². The number of ether oxygens (including phenoxy) is 1. The molecule has 0 amide bonds. The van der Waals surface area contributed by atoms with Crippen LogP contribution in [0.25, 0.3) is 0 Å². The lowest BCUT2D eigenvalue weighted by Crippen LogP contribution is -2.24. The summed E-state index contributed by atoms with van der Waals surface area (Å²) in [5.74, 6) is 0. The molecule has 1 aromatic carbocycles. The van der Waals surface area contributed by atoms with Gasteiger partial charge in [-0.3, -0.25) is 0 Å². The van der Waals surface area contributed by atoms with Gasteiger partial charge in [0, 0.05) is 12.6 Å². The minimum Gasteiger partial charge on any atom is -0.377 e. The Kier molecular flexibility index (Phi) is 6.90. The summed E-state index contributed by atoms with van der Waals surface area (Å²) >= 11 is 11.7. The van der Waals surface area contributed by atoms with E-state index in [4.69, 9.17) is 27.9 Å². The molecule has 17 heavy (non-hydrogen) atoms. The molecule has 0 aliphatic heterocycles. The summed E-state index contributed by atoms with van der Waals surface area (Å²) in [6.45, 7) is 6.59. The molecule has 0 fully saturated rings. The van der Waals surface area contributed by atoms with E-state index in [-0.39, 0.29) is 0 Å². The molecule has 0 saturated heterocycles. The highest BCUT2D eigenvalue weighted by Crippen LogP contribution is 2.22. The third-order valence-corrected chi connectivity index (χ3v) is 3.01. The zero-order valence-corrected chi connectivity index (χ0v) is 11.8. The van der Waals surface area contributed by atoms with Gasteiger partial charge in [0.05, 0.1) is 16.7 Å². The van der Waals surface area contributed by atoms with Gasteiger partial charge in [-0.1, -0.05) is 43.1 Å². The highest BCUT2D eigenvalue weighted by atomic mass is 35.5. The molecule has 0 aliphatic rings. The van der Waals surface area contributed by atoms with Gasteiger partial charge in [0.2, 0.25) is 0 Å². The van der Waals surface area contributed by atoms with Crippen molar-refractivity contribution in [2.45, 2.75) is 32.9 Å². The van der Waals surface area contributed by atoms with Crippen molar-refractivity contribution in [2.24, 2.45) is 0 Å². The van der Waals surface area contributed by atoms with Gasteiger partial charge in [-0.15, -0.1) is 0 Å². The van der Waals surface area contributed by atoms with Crippen molar-refractivity contribution < 1.29 is 4.74 Å². The molecule has 1 aromatic rings. The van der Waals surface area contributed by atoms with Crippen molar-refractivity contribution in [2.75, 3.05) is 13.2 Å². The molecular weight excluding hydrogens is 257 g/mol. The van der Waals surface area contributed by atoms with Gasteiger partial charge >= 0.3 is 0 Å². The van der Waals surface area contributed by atoms with E-state index >= 15 is 0 Å². The van der Waals surface area contributed by atoms with Crippen molar-refractivity contribution in [3.8, 4) is 0 Å². The van der Waals surface area contributed by atoms with E-state index in [0.29, 0.717) is 22.7 Å². The Labute approximate surface area is 113 Å². The van der Waals surface area contributed by atoms with Crippen LogP contribution in [0.2, 0.25) is 10.0 Å². The third kappa shape index (κ3) is 6.27. The fourth-order valence-electron chi connectivity index (χ4n) is 1.38. The number of hydrogen-bond donors (Lipinski definition) is 1. The number of hydrogen-bond acceptors (Lipinski definition) is 2. The van der Waals surface area contributed by atoms with Crippen LogP contribution in [0, 0.1) is 0 Å². The average Bonchev–Trinajstić information content (AvgIpc) is 2.27. The zero-order valence-electron chi connectivity index (χ0n) is 10.3. The van der Waals surface area contributed by atoms with Crippen molar-refractivity contribution in [1.82, 2.24) is 5.32 Å². The van der Waals surface area contributed by atoms with Crippen LogP contribution < -0.4 is 5.32 Å². The van der Waals surface area contributed by atoms with Gasteiger partial charge in [0.15, 0.2) is 0 Å². The van der Waals surface area contributed by atoms with E-state index in [1.807, 2.05) is 12.1 Å². The SMILES string of the molecule is CC(C)NCCCOCc1ccc(Cl)c(Cl)c1. The maximum atomic E-state index is 5.91. The fourth-order valence-corrected chi connectivity index (χ4v) is 1.71. The molecule has 0 aliphatic carbocycles. The molecule has 96 valence electrons. The first-order chi connectivity index (χ1) is 8.09. The van der Waals surface area contributed by atoms with E-state index < -0.39 is 0 Å². The standard InChI is InChI=1S/C13H19Cl2NO/c1-10(2)16-6-3-7-17-9-11-4-5-12(14)13(15)8-11/h4-5,8,10,16H,3,6-7,9H2,1-2H3. The van der Waals surface area contributed by atoms with Crippen molar-refractivity contribution in [1.29, 1.82) is 0 Å². The number of benzene rings is 1. The Balaban J connectivity index is 2.16. The van der Waals surface area contributed by atoms with Crippen LogP contribution >= 0.6 is 23.2 Å². The second-order valence-corrected chi connectivity index (χ2v) is 5.08. The smallest absolute Gasteiger partial charge is 0.0717 e. The lowest BCUT2D eigenvalue weighted by molar-refractivity contribution is 0.118. The first-order valence-electron chi connectivity index (χ1n) is 5.84. The van der Waals surface area contributed by atoms with Gasteiger partial charge in [-0.2, -0.15) is 0 Å². The Morgan fingerprint density at radius 3 is 2.65 bits per heavy atom. The summed E-state index contributed by atoms with van der Waals surface area (Å²) in [6.07, 6.45) is 1.01. The Hall–Kier alpha value is -0.280. The lowest BCUT2D eigenvalue weighted by atomic mass is 10.2. The van der Waals surface area contributed by atoms with E-state index in [2.05, 4.69) is 19.2 Å². The van der Waals surface area contributed by atoms with Gasteiger partial charge in [-0.05, 0) is 30.7 Å². The normalized spacial score (nSPS) is 11.1. The van der Waals surface area contributed by atoms with E-state index in [1.54, 1.807) is 6.07 Å². The molecular formula is C13H19Cl2NO. The molecule has 1 N–H and O–H groups in total. The van der Waals surface area contributed by atoms with Crippen LogP contribution in [0.1, 0.15) is 25.8 Å². The maximum absolute atomic E-state index is 5.91. The van der Waals surface area contributed by atoms with Crippen molar-refractivity contribution >= 4 is 23.2 Å².